The summed E-state index contributed by atoms with van der Waals surface area (Å²) in [4.78, 5) is 14.7. The first-order valence-electron chi connectivity index (χ1n) is 10.9. The van der Waals surface area contributed by atoms with Crippen LogP contribution in [0.2, 0.25) is 0 Å². The highest BCUT2D eigenvalue weighted by Gasteiger charge is 2.32. The fourth-order valence-electron chi connectivity index (χ4n) is 4.33. The average Bonchev–Trinajstić information content (AvgIpc) is 2.78. The minimum atomic E-state index is -4.77. The zero-order chi connectivity index (χ0) is 23.6. The molecule has 0 aliphatic carbocycles. The van der Waals surface area contributed by atoms with Gasteiger partial charge in [-0.2, -0.15) is 4.31 Å². The van der Waals surface area contributed by atoms with Crippen LogP contribution in [0.4, 0.5) is 18.9 Å². The zero-order valence-electron chi connectivity index (χ0n) is 18.0. The number of fused-ring (bicyclic) bond motifs is 1. The number of benzene rings is 2. The lowest BCUT2D eigenvalue weighted by molar-refractivity contribution is -0.274. The van der Waals surface area contributed by atoms with Crippen molar-refractivity contribution < 1.29 is 31.1 Å². The van der Waals surface area contributed by atoms with Gasteiger partial charge in [-0.3, -0.25) is 4.79 Å². The van der Waals surface area contributed by atoms with E-state index in [0.29, 0.717) is 49.3 Å². The second-order valence-corrected chi connectivity index (χ2v) is 10.2. The lowest BCUT2D eigenvalue weighted by Crippen LogP contribution is -2.36. The van der Waals surface area contributed by atoms with E-state index >= 15 is 0 Å². The third-order valence-corrected chi connectivity index (χ3v) is 7.85. The molecule has 2 aliphatic rings. The molecule has 0 N–H and O–H groups in total. The lowest BCUT2D eigenvalue weighted by atomic mass is 10.0. The van der Waals surface area contributed by atoms with Gasteiger partial charge in [0.2, 0.25) is 15.9 Å². The summed E-state index contributed by atoms with van der Waals surface area (Å²) in [5.74, 6) is -0.506. The minimum absolute atomic E-state index is 0.0598. The van der Waals surface area contributed by atoms with Crippen molar-refractivity contribution in [2.75, 3.05) is 24.5 Å². The van der Waals surface area contributed by atoms with Crippen LogP contribution in [0.25, 0.3) is 0 Å². The van der Waals surface area contributed by atoms with Crippen LogP contribution in [0, 0.1) is 0 Å². The molecule has 0 spiro atoms. The number of hydrogen-bond donors (Lipinski definition) is 0. The van der Waals surface area contributed by atoms with E-state index in [-0.39, 0.29) is 23.0 Å². The summed E-state index contributed by atoms with van der Waals surface area (Å²) in [6.45, 7) is 1.51. The highest BCUT2D eigenvalue weighted by Crippen LogP contribution is 2.33. The molecule has 1 amide bonds. The number of hydrogen-bond acceptors (Lipinski definition) is 4. The van der Waals surface area contributed by atoms with E-state index in [1.807, 2.05) is 0 Å². The first-order chi connectivity index (χ1) is 15.6. The fourth-order valence-corrected chi connectivity index (χ4v) is 5.85. The van der Waals surface area contributed by atoms with E-state index in [2.05, 4.69) is 4.74 Å². The standard InChI is InChI=1S/C23H25F3N2O4S/c24-23(25,26)32-19-8-11-21-18(16-19)5-4-14-28(21)22(29)15-17-6-9-20(10-7-17)33(30,31)27-12-2-1-3-13-27/h6-11,16H,1-5,12-15H2. The Morgan fingerprint density at radius 1 is 0.939 bits per heavy atom. The van der Waals surface area contributed by atoms with E-state index in [9.17, 15) is 26.4 Å². The van der Waals surface area contributed by atoms with E-state index in [1.165, 1.54) is 34.6 Å². The Morgan fingerprint density at radius 3 is 2.30 bits per heavy atom. The molecule has 10 heteroatoms. The molecule has 2 aromatic carbocycles. The Morgan fingerprint density at radius 2 is 1.64 bits per heavy atom. The number of nitrogens with zero attached hydrogens (tertiary/aromatic N) is 2. The summed E-state index contributed by atoms with van der Waals surface area (Å²) < 4.78 is 68.6. The van der Waals surface area contributed by atoms with Crippen molar-refractivity contribution in [1.82, 2.24) is 4.31 Å². The second kappa shape index (κ2) is 9.34. The highest BCUT2D eigenvalue weighted by molar-refractivity contribution is 7.89. The third kappa shape index (κ3) is 5.50. The van der Waals surface area contributed by atoms with Crippen LogP contribution in [-0.4, -0.2) is 44.6 Å². The van der Waals surface area contributed by atoms with Gasteiger partial charge in [-0.25, -0.2) is 8.42 Å². The van der Waals surface area contributed by atoms with Crippen molar-refractivity contribution in [3.8, 4) is 5.75 Å². The number of alkyl halides is 3. The number of ether oxygens (including phenoxy) is 1. The van der Waals surface area contributed by atoms with Crippen LogP contribution in [0.15, 0.2) is 47.4 Å². The monoisotopic (exact) mass is 482 g/mol. The van der Waals surface area contributed by atoms with E-state index < -0.39 is 16.4 Å². The molecule has 0 atom stereocenters. The number of rotatable bonds is 5. The number of carbonyl (C=O) groups excluding carboxylic acids is 1. The predicted molar refractivity (Wildman–Crippen MR) is 117 cm³/mol. The van der Waals surface area contributed by atoms with Crippen LogP contribution >= 0.6 is 0 Å². The van der Waals surface area contributed by atoms with Crippen molar-refractivity contribution in [1.29, 1.82) is 0 Å². The summed E-state index contributed by atoms with van der Waals surface area (Å²) in [6.07, 6.45) is -0.794. The lowest BCUT2D eigenvalue weighted by Gasteiger charge is -2.30. The second-order valence-electron chi connectivity index (χ2n) is 8.27. The van der Waals surface area contributed by atoms with Crippen LogP contribution in [0.1, 0.15) is 36.8 Å². The third-order valence-electron chi connectivity index (χ3n) is 5.94. The zero-order valence-corrected chi connectivity index (χ0v) is 18.8. The normalized spacial score (nSPS) is 17.5. The van der Waals surface area contributed by atoms with Crippen LogP contribution < -0.4 is 9.64 Å². The van der Waals surface area contributed by atoms with Gasteiger partial charge in [0.1, 0.15) is 5.75 Å². The summed E-state index contributed by atoms with van der Waals surface area (Å²) in [6, 6.07) is 10.3. The first-order valence-corrected chi connectivity index (χ1v) is 12.4. The Kier molecular flexibility index (Phi) is 6.67. The molecular formula is C23H25F3N2O4S. The number of halogens is 3. The SMILES string of the molecule is O=C(Cc1ccc(S(=O)(=O)N2CCCCC2)cc1)N1CCCc2cc(OC(F)(F)F)ccc21. The number of aryl methyl sites for hydroxylation is 1. The van der Waals surface area contributed by atoms with Gasteiger partial charge < -0.3 is 9.64 Å². The molecule has 4 rings (SSSR count). The quantitative estimate of drug-likeness (QED) is 0.638. The smallest absolute Gasteiger partial charge is 0.406 e. The van der Waals surface area contributed by atoms with Gasteiger partial charge in [-0.05, 0) is 67.1 Å². The molecule has 2 aliphatic heterocycles. The molecule has 0 unspecified atom stereocenters. The van der Waals surface area contributed by atoms with E-state index in [4.69, 9.17) is 0 Å². The number of sulfonamides is 1. The summed E-state index contributed by atoms with van der Waals surface area (Å²) in [5.41, 5.74) is 1.87. The molecule has 1 fully saturated rings. The molecule has 0 aromatic heterocycles. The molecular weight excluding hydrogens is 457 g/mol. The maximum Gasteiger partial charge on any atom is 0.573 e. The Balaban J connectivity index is 1.46. The summed E-state index contributed by atoms with van der Waals surface area (Å²) >= 11 is 0. The minimum Gasteiger partial charge on any atom is -0.406 e. The summed E-state index contributed by atoms with van der Waals surface area (Å²) in [7, 11) is -3.54. The predicted octanol–water partition coefficient (Wildman–Crippen LogP) is 4.28. The average molecular weight is 483 g/mol. The van der Waals surface area contributed by atoms with Crippen molar-refractivity contribution >= 4 is 21.6 Å². The Labute approximate surface area is 191 Å². The number of carbonyl (C=O) groups is 1. The van der Waals surface area contributed by atoms with Gasteiger partial charge in [0.05, 0.1) is 11.3 Å². The number of piperidine rings is 1. The molecule has 6 nitrogen and oxygen atoms in total. The number of anilines is 1. The van der Waals surface area contributed by atoms with Gasteiger partial charge in [-0.15, -0.1) is 13.2 Å². The van der Waals surface area contributed by atoms with Gasteiger partial charge in [0, 0.05) is 25.3 Å². The summed E-state index contributed by atoms with van der Waals surface area (Å²) in [5, 5.41) is 0. The topological polar surface area (TPSA) is 66.9 Å². The van der Waals surface area contributed by atoms with Crippen molar-refractivity contribution in [2.45, 2.75) is 49.8 Å². The molecule has 2 aromatic rings. The molecule has 1 saturated heterocycles. The number of amides is 1. The van der Waals surface area contributed by atoms with E-state index in [0.717, 1.165) is 19.3 Å². The Bertz CT molecular complexity index is 1110. The van der Waals surface area contributed by atoms with Crippen molar-refractivity contribution in [3.63, 3.8) is 0 Å². The molecule has 0 saturated carbocycles. The van der Waals surface area contributed by atoms with Crippen LogP contribution in [0.5, 0.6) is 5.75 Å². The van der Waals surface area contributed by atoms with Gasteiger partial charge in [0.25, 0.3) is 0 Å². The van der Waals surface area contributed by atoms with Crippen molar-refractivity contribution in [2.24, 2.45) is 0 Å². The van der Waals surface area contributed by atoms with E-state index in [1.54, 1.807) is 17.0 Å². The van der Waals surface area contributed by atoms with Gasteiger partial charge >= 0.3 is 6.36 Å². The maximum absolute atomic E-state index is 13.0. The largest absolute Gasteiger partial charge is 0.573 e. The maximum atomic E-state index is 13.0. The molecule has 2 heterocycles. The fraction of sp³-hybridized carbons (Fsp3) is 0.435. The molecule has 0 radical (unpaired) electrons. The van der Waals surface area contributed by atoms with Crippen LogP contribution in [-0.2, 0) is 27.7 Å². The molecule has 0 bridgehead atoms. The van der Waals surface area contributed by atoms with Crippen molar-refractivity contribution in [3.05, 3.63) is 53.6 Å². The van der Waals surface area contributed by atoms with Crippen LogP contribution in [0.3, 0.4) is 0 Å². The van der Waals surface area contributed by atoms with Gasteiger partial charge in [0.15, 0.2) is 0 Å². The first kappa shape index (κ1) is 23.6. The highest BCUT2D eigenvalue weighted by atomic mass is 32.2. The molecule has 33 heavy (non-hydrogen) atoms. The Hall–Kier alpha value is -2.59. The molecule has 178 valence electrons. The van der Waals surface area contributed by atoms with Gasteiger partial charge in [-0.1, -0.05) is 18.6 Å².